The van der Waals surface area contributed by atoms with Gasteiger partial charge in [-0.15, -0.1) is 0 Å². The summed E-state index contributed by atoms with van der Waals surface area (Å²) in [6, 6.07) is 79.4. The van der Waals surface area contributed by atoms with E-state index in [2.05, 4.69) is 231 Å². The first-order valence-corrected chi connectivity index (χ1v) is 20.9. The van der Waals surface area contributed by atoms with Gasteiger partial charge in [-0.3, -0.25) is 0 Å². The maximum Gasteiger partial charge on any atom is 0.0714 e. The fourth-order valence-corrected chi connectivity index (χ4v) is 10.4. The molecule has 59 heavy (non-hydrogen) atoms. The van der Waals surface area contributed by atoms with E-state index in [1.807, 2.05) is 0 Å². The standard InChI is InChI=1S/C58H45N/c1-57(2)53-25-15-14-24-49(53)51-35-41(27-32-54(51)57)39-59(38-40-26-28-43-18-12-13-19-44(43)34-40)48-30-31-50-52-36-45(42-16-6-3-7-17-42)29-33-55(52)58(56(50)37-48,46-20-8-4-9-21-46)47-22-10-5-11-23-47/h3-37H,38-39H2,1-2H3. The second-order valence-corrected chi connectivity index (χ2v) is 16.9. The molecule has 0 saturated heterocycles. The first-order valence-electron chi connectivity index (χ1n) is 20.9. The lowest BCUT2D eigenvalue weighted by Crippen LogP contribution is -2.29. The van der Waals surface area contributed by atoms with Gasteiger partial charge in [0.2, 0.25) is 0 Å². The molecule has 1 nitrogen and oxygen atoms in total. The van der Waals surface area contributed by atoms with Crippen molar-refractivity contribution in [2.45, 2.75) is 37.8 Å². The maximum absolute atomic E-state index is 2.59. The van der Waals surface area contributed by atoms with Gasteiger partial charge in [0.05, 0.1) is 5.41 Å². The molecular formula is C58H45N. The lowest BCUT2D eigenvalue weighted by Gasteiger charge is -2.35. The fourth-order valence-electron chi connectivity index (χ4n) is 10.4. The number of rotatable bonds is 8. The molecule has 2 aliphatic carbocycles. The topological polar surface area (TPSA) is 3.24 Å². The molecule has 282 valence electrons. The largest absolute Gasteiger partial charge is 0.363 e. The molecule has 9 aromatic carbocycles. The molecule has 0 heterocycles. The van der Waals surface area contributed by atoms with Crippen molar-refractivity contribution >= 4 is 16.5 Å². The summed E-state index contributed by atoms with van der Waals surface area (Å²) in [5.41, 5.74) is 19.1. The first kappa shape index (κ1) is 35.2. The lowest BCUT2D eigenvalue weighted by atomic mass is 9.67. The van der Waals surface area contributed by atoms with Crippen LogP contribution in [-0.4, -0.2) is 0 Å². The van der Waals surface area contributed by atoms with Gasteiger partial charge >= 0.3 is 0 Å². The molecule has 0 N–H and O–H groups in total. The van der Waals surface area contributed by atoms with E-state index in [0.717, 1.165) is 13.1 Å². The molecule has 0 bridgehead atoms. The zero-order chi connectivity index (χ0) is 39.6. The minimum atomic E-state index is -0.504. The number of benzene rings is 9. The summed E-state index contributed by atoms with van der Waals surface area (Å²) in [5.74, 6) is 0. The molecule has 0 radical (unpaired) electrons. The van der Waals surface area contributed by atoms with Crippen molar-refractivity contribution in [3.8, 4) is 33.4 Å². The van der Waals surface area contributed by atoms with Crippen molar-refractivity contribution in [2.24, 2.45) is 0 Å². The van der Waals surface area contributed by atoms with Gasteiger partial charge in [-0.05, 0) is 119 Å². The Morgan fingerprint density at radius 3 is 1.66 bits per heavy atom. The molecule has 0 fully saturated rings. The van der Waals surface area contributed by atoms with Crippen molar-refractivity contribution < 1.29 is 0 Å². The van der Waals surface area contributed by atoms with Crippen LogP contribution in [0, 0.1) is 0 Å². The van der Waals surface area contributed by atoms with E-state index in [1.165, 1.54) is 94.3 Å². The van der Waals surface area contributed by atoms with Crippen molar-refractivity contribution in [2.75, 3.05) is 4.90 Å². The summed E-state index contributed by atoms with van der Waals surface area (Å²) < 4.78 is 0. The van der Waals surface area contributed by atoms with E-state index in [-0.39, 0.29) is 5.41 Å². The normalized spacial score (nSPS) is 14.0. The van der Waals surface area contributed by atoms with Crippen LogP contribution in [-0.2, 0) is 23.9 Å². The van der Waals surface area contributed by atoms with Crippen molar-refractivity contribution in [3.63, 3.8) is 0 Å². The van der Waals surface area contributed by atoms with Gasteiger partial charge in [0.1, 0.15) is 0 Å². The van der Waals surface area contributed by atoms with Gasteiger partial charge in [0.25, 0.3) is 0 Å². The summed E-state index contributed by atoms with van der Waals surface area (Å²) >= 11 is 0. The summed E-state index contributed by atoms with van der Waals surface area (Å²) in [6.45, 7) is 6.27. The highest BCUT2D eigenvalue weighted by molar-refractivity contribution is 5.90. The fraction of sp³-hybridized carbons (Fsp3) is 0.103. The molecule has 2 aliphatic rings. The Morgan fingerprint density at radius 2 is 0.915 bits per heavy atom. The third-order valence-electron chi connectivity index (χ3n) is 13.2. The number of anilines is 1. The van der Waals surface area contributed by atoms with Crippen LogP contribution in [0.1, 0.15) is 58.4 Å². The number of hydrogen-bond acceptors (Lipinski definition) is 1. The monoisotopic (exact) mass is 755 g/mol. The molecule has 9 aromatic rings. The molecule has 11 rings (SSSR count). The summed E-state index contributed by atoms with van der Waals surface area (Å²) in [5, 5.41) is 2.54. The van der Waals surface area contributed by atoms with Crippen molar-refractivity contribution in [1.82, 2.24) is 0 Å². The van der Waals surface area contributed by atoms with Crippen molar-refractivity contribution in [1.29, 1.82) is 0 Å². The van der Waals surface area contributed by atoms with Gasteiger partial charge in [-0.2, -0.15) is 0 Å². The average molecular weight is 756 g/mol. The summed E-state index contributed by atoms with van der Waals surface area (Å²) in [7, 11) is 0. The van der Waals surface area contributed by atoms with E-state index >= 15 is 0 Å². The Bertz CT molecular complexity index is 2970. The third-order valence-corrected chi connectivity index (χ3v) is 13.2. The minimum absolute atomic E-state index is 0.0250. The van der Waals surface area contributed by atoms with Crippen LogP contribution in [0.2, 0.25) is 0 Å². The molecule has 0 spiro atoms. The van der Waals surface area contributed by atoms with Crippen LogP contribution in [0.15, 0.2) is 212 Å². The number of hydrogen-bond donors (Lipinski definition) is 0. The summed E-state index contributed by atoms with van der Waals surface area (Å²) in [6.07, 6.45) is 0. The minimum Gasteiger partial charge on any atom is -0.363 e. The third kappa shape index (κ3) is 5.68. The van der Waals surface area contributed by atoms with Crippen LogP contribution in [0.4, 0.5) is 5.69 Å². The second kappa shape index (κ2) is 13.9. The van der Waals surface area contributed by atoms with E-state index < -0.39 is 5.41 Å². The maximum atomic E-state index is 2.59. The zero-order valence-corrected chi connectivity index (χ0v) is 33.6. The molecule has 0 aromatic heterocycles. The van der Waals surface area contributed by atoms with E-state index in [9.17, 15) is 0 Å². The second-order valence-electron chi connectivity index (χ2n) is 16.9. The molecule has 0 saturated carbocycles. The predicted molar refractivity (Wildman–Crippen MR) is 247 cm³/mol. The molecule has 1 heteroatoms. The van der Waals surface area contributed by atoms with Crippen molar-refractivity contribution in [3.05, 3.63) is 257 Å². The predicted octanol–water partition coefficient (Wildman–Crippen LogP) is 14.4. The molecular weight excluding hydrogens is 711 g/mol. The van der Waals surface area contributed by atoms with Crippen LogP contribution < -0.4 is 4.90 Å². The van der Waals surface area contributed by atoms with Gasteiger partial charge in [0, 0.05) is 24.2 Å². The van der Waals surface area contributed by atoms with E-state index in [0.29, 0.717) is 0 Å². The van der Waals surface area contributed by atoms with Gasteiger partial charge in [-0.1, -0.05) is 196 Å². The highest BCUT2D eigenvalue weighted by Gasteiger charge is 2.46. The molecule has 0 aliphatic heterocycles. The highest BCUT2D eigenvalue weighted by Crippen LogP contribution is 2.57. The number of nitrogens with zero attached hydrogens (tertiary/aromatic N) is 1. The first-order chi connectivity index (χ1) is 29.0. The SMILES string of the molecule is CC1(C)c2ccccc2-c2cc(CN(Cc3ccc4ccccc4c3)c3ccc4c(c3)C(c3ccccc3)(c3ccccc3)c3ccc(-c5ccccc5)cc3-4)ccc21. The van der Waals surface area contributed by atoms with Gasteiger partial charge < -0.3 is 4.90 Å². The Morgan fingerprint density at radius 1 is 0.356 bits per heavy atom. The Labute approximate surface area is 347 Å². The van der Waals surface area contributed by atoms with Crippen LogP contribution >= 0.6 is 0 Å². The quantitative estimate of drug-likeness (QED) is 0.149. The molecule has 0 atom stereocenters. The van der Waals surface area contributed by atoms with Gasteiger partial charge in [0.15, 0.2) is 0 Å². The summed E-state index contributed by atoms with van der Waals surface area (Å²) in [4.78, 5) is 2.59. The van der Waals surface area contributed by atoms with E-state index in [4.69, 9.17) is 0 Å². The number of fused-ring (bicyclic) bond motifs is 7. The van der Waals surface area contributed by atoms with E-state index in [1.54, 1.807) is 0 Å². The van der Waals surface area contributed by atoms with Crippen LogP contribution in [0.5, 0.6) is 0 Å². The smallest absolute Gasteiger partial charge is 0.0714 e. The molecule has 0 unspecified atom stereocenters. The van der Waals surface area contributed by atoms with Gasteiger partial charge in [-0.25, -0.2) is 0 Å². The van der Waals surface area contributed by atoms with Crippen LogP contribution in [0.3, 0.4) is 0 Å². The Kier molecular flexibility index (Phi) is 8.27. The highest BCUT2D eigenvalue weighted by atomic mass is 15.1. The zero-order valence-electron chi connectivity index (χ0n) is 33.6. The lowest BCUT2D eigenvalue weighted by molar-refractivity contribution is 0.660. The Balaban J connectivity index is 1.11. The Hall–Kier alpha value is -6.96. The molecule has 0 amide bonds. The van der Waals surface area contributed by atoms with Crippen LogP contribution in [0.25, 0.3) is 44.2 Å². The average Bonchev–Trinajstić information content (AvgIpc) is 3.71.